The molecule has 1 saturated heterocycles. The topological polar surface area (TPSA) is 51.1 Å². The van der Waals surface area contributed by atoms with E-state index in [1.165, 1.54) is 23.9 Å². The summed E-state index contributed by atoms with van der Waals surface area (Å²) in [6, 6.07) is 23.7. The Hall–Kier alpha value is -3.81. The molecule has 5 nitrogen and oxygen atoms in total. The molecule has 0 saturated carbocycles. The Kier molecular flexibility index (Phi) is 7.67. The number of nitrogens with zero attached hydrogens (tertiary/aromatic N) is 2. The van der Waals surface area contributed by atoms with Gasteiger partial charge in [-0.3, -0.25) is 9.69 Å². The van der Waals surface area contributed by atoms with Crippen molar-refractivity contribution >= 4 is 57.0 Å². The summed E-state index contributed by atoms with van der Waals surface area (Å²) in [4.78, 5) is 19.7. The minimum atomic E-state index is -0.340. The first-order valence-electron chi connectivity index (χ1n) is 12.0. The van der Waals surface area contributed by atoms with Gasteiger partial charge in [0.1, 0.15) is 12.4 Å². The minimum Gasteiger partial charge on any atom is -0.493 e. The molecule has 4 aromatic rings. The van der Waals surface area contributed by atoms with Gasteiger partial charge in [0.25, 0.3) is 5.91 Å². The zero-order chi connectivity index (χ0) is 26.6. The highest BCUT2D eigenvalue weighted by Gasteiger charge is 2.32. The molecule has 4 aromatic carbocycles. The highest BCUT2D eigenvalue weighted by atomic mass is 35.5. The SMILES string of the molecule is CCN1C(=O)/C(=C\c2cc(Cl)c(OCc3ccc4ccccc4c3)c(OC)c2)SC1=Nc1ccc(F)cc1. The maximum atomic E-state index is 13.3. The summed E-state index contributed by atoms with van der Waals surface area (Å²) in [6.45, 7) is 2.66. The highest BCUT2D eigenvalue weighted by molar-refractivity contribution is 8.18. The fourth-order valence-electron chi connectivity index (χ4n) is 4.09. The first kappa shape index (κ1) is 25.8. The van der Waals surface area contributed by atoms with E-state index >= 15 is 0 Å². The predicted molar refractivity (Wildman–Crippen MR) is 153 cm³/mol. The quantitative estimate of drug-likeness (QED) is 0.221. The number of carbonyl (C=O) groups is 1. The Bertz CT molecular complexity index is 1570. The number of methoxy groups -OCH3 is 1. The van der Waals surface area contributed by atoms with Crippen molar-refractivity contribution in [2.75, 3.05) is 13.7 Å². The summed E-state index contributed by atoms with van der Waals surface area (Å²) in [5, 5.41) is 3.20. The molecule has 1 aliphatic heterocycles. The van der Waals surface area contributed by atoms with E-state index in [0.29, 0.717) is 51.0 Å². The maximum Gasteiger partial charge on any atom is 0.266 e. The number of fused-ring (bicyclic) bond motifs is 1. The fraction of sp³-hybridized carbons (Fsp3) is 0.133. The number of hydrogen-bond donors (Lipinski definition) is 0. The molecule has 1 fully saturated rings. The molecular weight excluding hydrogens is 523 g/mol. The number of aliphatic imine (C=N–C) groups is 1. The Morgan fingerprint density at radius 2 is 1.79 bits per heavy atom. The van der Waals surface area contributed by atoms with Gasteiger partial charge in [0.05, 0.1) is 22.7 Å². The van der Waals surface area contributed by atoms with Gasteiger partial charge >= 0.3 is 0 Å². The lowest BCUT2D eigenvalue weighted by Gasteiger charge is -2.14. The second-order valence-corrected chi connectivity index (χ2v) is 9.95. The number of rotatable bonds is 7. The van der Waals surface area contributed by atoms with Crippen LogP contribution >= 0.6 is 23.4 Å². The molecule has 0 N–H and O–H groups in total. The van der Waals surface area contributed by atoms with E-state index in [1.807, 2.05) is 25.1 Å². The zero-order valence-electron chi connectivity index (χ0n) is 20.8. The van der Waals surface area contributed by atoms with Gasteiger partial charge in [0.2, 0.25) is 0 Å². The van der Waals surface area contributed by atoms with E-state index < -0.39 is 0 Å². The van der Waals surface area contributed by atoms with Crippen molar-refractivity contribution in [3.05, 3.63) is 106 Å². The highest BCUT2D eigenvalue weighted by Crippen LogP contribution is 2.40. The number of thioether (sulfide) groups is 1. The van der Waals surface area contributed by atoms with Gasteiger partial charge in [0.15, 0.2) is 16.7 Å². The summed E-state index contributed by atoms with van der Waals surface area (Å²) in [5.41, 5.74) is 2.27. The van der Waals surface area contributed by atoms with Crippen LogP contribution < -0.4 is 9.47 Å². The van der Waals surface area contributed by atoms with E-state index in [-0.39, 0.29) is 11.7 Å². The average Bonchev–Trinajstić information content (AvgIpc) is 3.22. The van der Waals surface area contributed by atoms with Crippen LogP contribution in [0.1, 0.15) is 18.1 Å². The van der Waals surface area contributed by atoms with Crippen LogP contribution in [0.3, 0.4) is 0 Å². The third-order valence-corrected chi connectivity index (χ3v) is 7.29. The van der Waals surface area contributed by atoms with Crippen molar-refractivity contribution in [3.8, 4) is 11.5 Å². The normalized spacial score (nSPS) is 15.6. The number of hydrogen-bond acceptors (Lipinski definition) is 5. The second kappa shape index (κ2) is 11.3. The lowest BCUT2D eigenvalue weighted by molar-refractivity contribution is -0.122. The van der Waals surface area contributed by atoms with Crippen LogP contribution in [-0.2, 0) is 11.4 Å². The number of amides is 1. The fourth-order valence-corrected chi connectivity index (χ4v) is 5.43. The average molecular weight is 547 g/mol. The smallest absolute Gasteiger partial charge is 0.266 e. The molecule has 0 spiro atoms. The van der Waals surface area contributed by atoms with Gasteiger partial charge < -0.3 is 9.47 Å². The van der Waals surface area contributed by atoms with Gasteiger partial charge in [-0.25, -0.2) is 9.38 Å². The first-order chi connectivity index (χ1) is 18.4. The molecular formula is C30H24ClFN2O3S. The molecule has 0 bridgehead atoms. The van der Waals surface area contributed by atoms with Crippen molar-refractivity contribution < 1.29 is 18.7 Å². The summed E-state index contributed by atoms with van der Waals surface area (Å²) in [5.74, 6) is 0.398. The lowest BCUT2D eigenvalue weighted by atomic mass is 10.1. The molecule has 8 heteroatoms. The lowest BCUT2D eigenvalue weighted by Crippen LogP contribution is -2.28. The minimum absolute atomic E-state index is 0.162. The number of halogens is 2. The first-order valence-corrected chi connectivity index (χ1v) is 13.2. The summed E-state index contributed by atoms with van der Waals surface area (Å²) in [7, 11) is 1.55. The molecule has 5 rings (SSSR count). The van der Waals surface area contributed by atoms with Crippen LogP contribution in [0, 0.1) is 5.82 Å². The van der Waals surface area contributed by atoms with Crippen molar-refractivity contribution in [2.24, 2.45) is 4.99 Å². The molecule has 0 aromatic heterocycles. The molecule has 1 heterocycles. The Morgan fingerprint density at radius 3 is 2.53 bits per heavy atom. The van der Waals surface area contributed by atoms with Crippen LogP contribution in [0.15, 0.2) is 88.8 Å². The summed E-state index contributed by atoms with van der Waals surface area (Å²) in [6.07, 6.45) is 1.75. The number of carbonyl (C=O) groups excluding carboxylic acids is 1. The van der Waals surface area contributed by atoms with Crippen molar-refractivity contribution in [3.63, 3.8) is 0 Å². The Balaban J connectivity index is 1.38. The third-order valence-electron chi connectivity index (χ3n) is 6.00. The molecule has 38 heavy (non-hydrogen) atoms. The third kappa shape index (κ3) is 5.54. The van der Waals surface area contributed by atoms with Crippen LogP contribution in [0.2, 0.25) is 5.02 Å². The van der Waals surface area contributed by atoms with E-state index in [9.17, 15) is 9.18 Å². The molecule has 0 unspecified atom stereocenters. The van der Waals surface area contributed by atoms with Crippen molar-refractivity contribution in [2.45, 2.75) is 13.5 Å². The van der Waals surface area contributed by atoms with Crippen LogP contribution in [0.5, 0.6) is 11.5 Å². The number of ether oxygens (including phenoxy) is 2. The number of benzene rings is 4. The predicted octanol–water partition coefficient (Wildman–Crippen LogP) is 7.84. The maximum absolute atomic E-state index is 13.3. The molecule has 192 valence electrons. The van der Waals surface area contributed by atoms with E-state index in [0.717, 1.165) is 16.3 Å². The summed E-state index contributed by atoms with van der Waals surface area (Å²) >= 11 is 7.87. The van der Waals surface area contributed by atoms with E-state index in [2.05, 4.69) is 29.3 Å². The Labute approximate surface area is 229 Å². The van der Waals surface area contributed by atoms with E-state index in [1.54, 1.807) is 42.4 Å². The van der Waals surface area contributed by atoms with Gasteiger partial charge in [-0.2, -0.15) is 0 Å². The standard InChI is InChI=1S/C30H24ClFN2O3S/c1-3-34-29(35)27(38-30(34)33-24-12-10-23(32)11-13-24)17-20-15-25(31)28(26(16-20)36-2)37-18-19-8-9-21-6-4-5-7-22(21)14-19/h4-17H,3,18H2,1-2H3/b27-17+,33-30?. The molecule has 0 aliphatic carbocycles. The van der Waals surface area contributed by atoms with Gasteiger partial charge in [-0.05, 0) is 89.1 Å². The van der Waals surface area contributed by atoms with Crippen LogP contribution in [-0.4, -0.2) is 29.6 Å². The monoisotopic (exact) mass is 546 g/mol. The second-order valence-electron chi connectivity index (χ2n) is 8.54. The molecule has 0 radical (unpaired) electrons. The Morgan fingerprint density at radius 1 is 1.03 bits per heavy atom. The molecule has 1 amide bonds. The van der Waals surface area contributed by atoms with Crippen molar-refractivity contribution in [1.82, 2.24) is 4.90 Å². The number of likely N-dealkylation sites (N-methyl/N-ethyl adjacent to an activating group) is 1. The largest absolute Gasteiger partial charge is 0.493 e. The van der Waals surface area contributed by atoms with Gasteiger partial charge in [-0.15, -0.1) is 0 Å². The molecule has 1 aliphatic rings. The van der Waals surface area contributed by atoms with Crippen LogP contribution in [0.25, 0.3) is 16.8 Å². The molecule has 0 atom stereocenters. The van der Waals surface area contributed by atoms with Crippen molar-refractivity contribution in [1.29, 1.82) is 0 Å². The summed E-state index contributed by atoms with van der Waals surface area (Å²) < 4.78 is 24.9. The van der Waals surface area contributed by atoms with E-state index in [4.69, 9.17) is 21.1 Å². The van der Waals surface area contributed by atoms with Gasteiger partial charge in [0, 0.05) is 6.54 Å². The van der Waals surface area contributed by atoms with Gasteiger partial charge in [-0.1, -0.05) is 48.0 Å². The van der Waals surface area contributed by atoms with Crippen LogP contribution in [0.4, 0.5) is 10.1 Å². The number of amidine groups is 1. The zero-order valence-corrected chi connectivity index (χ0v) is 22.4.